The van der Waals surface area contributed by atoms with Gasteiger partial charge in [-0.3, -0.25) is 4.98 Å². The van der Waals surface area contributed by atoms with Crippen molar-refractivity contribution >= 4 is 5.82 Å². The van der Waals surface area contributed by atoms with Gasteiger partial charge in [0.1, 0.15) is 5.82 Å². The number of hydrazine groups is 1. The second-order valence-corrected chi connectivity index (χ2v) is 4.35. The van der Waals surface area contributed by atoms with E-state index in [-0.39, 0.29) is 0 Å². The zero-order chi connectivity index (χ0) is 13.8. The fourth-order valence-electron chi connectivity index (χ4n) is 2.10. The Morgan fingerprint density at radius 2 is 2.00 bits per heavy atom. The SMILES string of the molecule is CCc1cnccc1-c1nc(CC)c(C)c(NN)n1. The van der Waals surface area contributed by atoms with Crippen LogP contribution in [0.1, 0.15) is 30.7 Å². The molecule has 0 saturated carbocycles. The van der Waals surface area contributed by atoms with Crippen molar-refractivity contribution in [2.45, 2.75) is 33.6 Å². The van der Waals surface area contributed by atoms with E-state index in [1.807, 2.05) is 19.2 Å². The van der Waals surface area contributed by atoms with E-state index in [4.69, 9.17) is 5.84 Å². The lowest BCUT2D eigenvalue weighted by Crippen LogP contribution is -2.13. The minimum Gasteiger partial charge on any atom is -0.308 e. The summed E-state index contributed by atoms with van der Waals surface area (Å²) in [5, 5.41) is 0. The molecule has 2 rings (SSSR count). The maximum absolute atomic E-state index is 5.54. The number of aryl methyl sites for hydroxylation is 2. The molecule has 5 heteroatoms. The molecule has 100 valence electrons. The number of nitrogens with one attached hydrogen (secondary N) is 1. The highest BCUT2D eigenvalue weighted by atomic mass is 15.3. The molecule has 0 bridgehead atoms. The average Bonchev–Trinajstić information content (AvgIpc) is 2.47. The summed E-state index contributed by atoms with van der Waals surface area (Å²) >= 11 is 0. The Morgan fingerprint density at radius 3 is 2.63 bits per heavy atom. The van der Waals surface area contributed by atoms with Gasteiger partial charge in [0.05, 0.1) is 0 Å². The second-order valence-electron chi connectivity index (χ2n) is 4.35. The van der Waals surface area contributed by atoms with Crippen molar-refractivity contribution in [1.82, 2.24) is 15.0 Å². The number of hydrogen-bond acceptors (Lipinski definition) is 5. The average molecular weight is 257 g/mol. The molecule has 0 amide bonds. The molecule has 5 nitrogen and oxygen atoms in total. The molecule has 0 aliphatic carbocycles. The minimum absolute atomic E-state index is 0.681. The van der Waals surface area contributed by atoms with Crippen LogP contribution in [0.15, 0.2) is 18.5 Å². The third-order valence-electron chi connectivity index (χ3n) is 3.24. The number of rotatable bonds is 4. The van der Waals surface area contributed by atoms with Crippen molar-refractivity contribution in [3.05, 3.63) is 35.3 Å². The quantitative estimate of drug-likeness (QED) is 0.649. The van der Waals surface area contributed by atoms with Gasteiger partial charge in [-0.05, 0) is 31.4 Å². The summed E-state index contributed by atoms with van der Waals surface area (Å²) in [5.41, 5.74) is 6.82. The minimum atomic E-state index is 0.681. The van der Waals surface area contributed by atoms with E-state index >= 15 is 0 Å². The Kier molecular flexibility index (Phi) is 4.06. The lowest BCUT2D eigenvalue weighted by molar-refractivity contribution is 0.967. The van der Waals surface area contributed by atoms with Crippen LogP contribution in [0.5, 0.6) is 0 Å². The van der Waals surface area contributed by atoms with E-state index in [0.29, 0.717) is 11.6 Å². The first kappa shape index (κ1) is 13.4. The second kappa shape index (κ2) is 5.75. The number of hydrogen-bond donors (Lipinski definition) is 2. The van der Waals surface area contributed by atoms with Crippen LogP contribution in [0.3, 0.4) is 0 Å². The lowest BCUT2D eigenvalue weighted by Gasteiger charge is -2.12. The normalized spacial score (nSPS) is 10.5. The molecule has 0 radical (unpaired) electrons. The van der Waals surface area contributed by atoms with Gasteiger partial charge in [-0.2, -0.15) is 0 Å². The van der Waals surface area contributed by atoms with Crippen LogP contribution in [0, 0.1) is 6.92 Å². The molecule has 2 aromatic rings. The van der Waals surface area contributed by atoms with Crippen molar-refractivity contribution in [2.24, 2.45) is 5.84 Å². The highest BCUT2D eigenvalue weighted by Gasteiger charge is 2.12. The monoisotopic (exact) mass is 257 g/mol. The highest BCUT2D eigenvalue weighted by Crippen LogP contribution is 2.24. The van der Waals surface area contributed by atoms with Gasteiger partial charge in [-0.1, -0.05) is 13.8 Å². The van der Waals surface area contributed by atoms with Gasteiger partial charge in [0.15, 0.2) is 5.82 Å². The summed E-state index contributed by atoms with van der Waals surface area (Å²) in [6.45, 7) is 6.15. The van der Waals surface area contributed by atoms with Crippen LogP contribution >= 0.6 is 0 Å². The van der Waals surface area contributed by atoms with Crippen LogP contribution < -0.4 is 11.3 Å². The standard InChI is InChI=1S/C14H19N5/c1-4-10-8-16-7-6-11(10)14-17-12(5-2)9(3)13(18-14)19-15/h6-8H,4-5,15H2,1-3H3,(H,17,18,19). The smallest absolute Gasteiger partial charge is 0.162 e. The predicted octanol–water partition coefficient (Wildman–Crippen LogP) is 2.26. The van der Waals surface area contributed by atoms with Crippen molar-refractivity contribution in [1.29, 1.82) is 0 Å². The molecule has 0 aromatic carbocycles. The molecule has 0 aliphatic heterocycles. The molecule has 0 aliphatic rings. The predicted molar refractivity (Wildman–Crippen MR) is 76.6 cm³/mol. The fraction of sp³-hybridized carbons (Fsp3) is 0.357. The molecule has 2 aromatic heterocycles. The molecule has 0 unspecified atom stereocenters. The maximum atomic E-state index is 5.54. The Balaban J connectivity index is 2.62. The summed E-state index contributed by atoms with van der Waals surface area (Å²) in [7, 11) is 0. The maximum Gasteiger partial charge on any atom is 0.162 e. The molecule has 0 atom stereocenters. The largest absolute Gasteiger partial charge is 0.308 e. The van der Waals surface area contributed by atoms with Crippen LogP contribution in [0.2, 0.25) is 0 Å². The van der Waals surface area contributed by atoms with Gasteiger partial charge >= 0.3 is 0 Å². The van der Waals surface area contributed by atoms with Crippen molar-refractivity contribution in [3.63, 3.8) is 0 Å². The van der Waals surface area contributed by atoms with E-state index in [1.54, 1.807) is 6.20 Å². The van der Waals surface area contributed by atoms with E-state index in [9.17, 15) is 0 Å². The molecule has 0 saturated heterocycles. The zero-order valence-corrected chi connectivity index (χ0v) is 11.6. The summed E-state index contributed by atoms with van der Waals surface area (Å²) in [6, 6.07) is 1.95. The fourth-order valence-corrected chi connectivity index (χ4v) is 2.10. The Morgan fingerprint density at radius 1 is 1.21 bits per heavy atom. The number of anilines is 1. The van der Waals surface area contributed by atoms with Gasteiger partial charge in [-0.15, -0.1) is 0 Å². The molecular weight excluding hydrogens is 238 g/mol. The Labute approximate surface area is 113 Å². The zero-order valence-electron chi connectivity index (χ0n) is 11.6. The number of aromatic nitrogens is 3. The summed E-state index contributed by atoms with van der Waals surface area (Å²) in [4.78, 5) is 13.3. The molecule has 0 spiro atoms. The van der Waals surface area contributed by atoms with Crippen LogP contribution in [-0.4, -0.2) is 15.0 Å². The molecule has 19 heavy (non-hydrogen) atoms. The van der Waals surface area contributed by atoms with Crippen LogP contribution in [0.4, 0.5) is 5.82 Å². The Bertz CT molecular complexity index is 555. The van der Waals surface area contributed by atoms with Crippen molar-refractivity contribution in [2.75, 3.05) is 5.43 Å². The summed E-state index contributed by atoms with van der Waals surface area (Å²) < 4.78 is 0. The van der Waals surface area contributed by atoms with Gasteiger partial charge in [0, 0.05) is 29.2 Å². The van der Waals surface area contributed by atoms with Gasteiger partial charge in [-0.25, -0.2) is 15.8 Å². The first-order valence-electron chi connectivity index (χ1n) is 6.48. The van der Waals surface area contributed by atoms with Gasteiger partial charge < -0.3 is 5.43 Å². The topological polar surface area (TPSA) is 76.7 Å². The number of pyridine rings is 1. The molecule has 3 N–H and O–H groups in total. The van der Waals surface area contributed by atoms with Crippen molar-refractivity contribution < 1.29 is 0 Å². The number of nitrogen functional groups attached to an aromatic ring is 1. The third-order valence-corrected chi connectivity index (χ3v) is 3.24. The lowest BCUT2D eigenvalue weighted by atomic mass is 10.1. The molecule has 2 heterocycles. The molecular formula is C14H19N5. The van der Waals surface area contributed by atoms with E-state index in [2.05, 4.69) is 34.2 Å². The summed E-state index contributed by atoms with van der Waals surface area (Å²) in [6.07, 6.45) is 5.37. The van der Waals surface area contributed by atoms with Crippen molar-refractivity contribution in [3.8, 4) is 11.4 Å². The van der Waals surface area contributed by atoms with Gasteiger partial charge in [0.2, 0.25) is 0 Å². The van der Waals surface area contributed by atoms with Gasteiger partial charge in [0.25, 0.3) is 0 Å². The molecule has 0 fully saturated rings. The number of nitrogens with two attached hydrogens (primary N) is 1. The Hall–Kier alpha value is -2.01. The highest BCUT2D eigenvalue weighted by molar-refractivity contribution is 5.62. The summed E-state index contributed by atoms with van der Waals surface area (Å²) in [5.74, 6) is 6.92. The number of nitrogens with zero attached hydrogens (tertiary/aromatic N) is 3. The van der Waals surface area contributed by atoms with E-state index < -0.39 is 0 Å². The van der Waals surface area contributed by atoms with Crippen LogP contribution in [0.25, 0.3) is 11.4 Å². The third kappa shape index (κ3) is 2.56. The first-order valence-corrected chi connectivity index (χ1v) is 6.48. The van der Waals surface area contributed by atoms with E-state index in [1.165, 1.54) is 0 Å². The first-order chi connectivity index (χ1) is 9.21. The van der Waals surface area contributed by atoms with Crippen LogP contribution in [-0.2, 0) is 12.8 Å². The van der Waals surface area contributed by atoms with E-state index in [0.717, 1.165) is 35.2 Å².